The number of urea groups is 1. The summed E-state index contributed by atoms with van der Waals surface area (Å²) in [6, 6.07) is 6.58. The van der Waals surface area contributed by atoms with Gasteiger partial charge in [0, 0.05) is 17.8 Å². The van der Waals surface area contributed by atoms with E-state index in [-0.39, 0.29) is 17.3 Å². The molecule has 0 atom stereocenters. The van der Waals surface area contributed by atoms with E-state index in [9.17, 15) is 9.90 Å². The van der Waals surface area contributed by atoms with Crippen LogP contribution in [0.3, 0.4) is 0 Å². The van der Waals surface area contributed by atoms with Crippen LogP contribution in [0.15, 0.2) is 24.3 Å². The van der Waals surface area contributed by atoms with Crippen LogP contribution in [0.4, 0.5) is 10.5 Å². The van der Waals surface area contributed by atoms with E-state index in [0.717, 1.165) is 12.1 Å². The zero-order valence-corrected chi connectivity index (χ0v) is 9.53. The lowest BCUT2D eigenvalue weighted by atomic mass is 9.98. The van der Waals surface area contributed by atoms with Crippen molar-refractivity contribution in [3.05, 3.63) is 24.3 Å². The molecule has 4 heteroatoms. The highest BCUT2D eigenvalue weighted by atomic mass is 16.3. The molecule has 0 aliphatic carbocycles. The number of rotatable bonds is 1. The van der Waals surface area contributed by atoms with E-state index in [2.05, 4.69) is 5.32 Å². The van der Waals surface area contributed by atoms with Gasteiger partial charge in [-0.15, -0.1) is 0 Å². The van der Waals surface area contributed by atoms with Crippen LogP contribution < -0.4 is 10.2 Å². The third kappa shape index (κ3) is 2.10. The summed E-state index contributed by atoms with van der Waals surface area (Å²) in [5.74, 6) is 0.210. The molecule has 0 radical (unpaired) electrons. The lowest BCUT2D eigenvalue weighted by molar-refractivity contribution is 0.224. The number of hydrogen-bond donors (Lipinski definition) is 2. The number of phenolic OH excluding ortho intramolecular Hbond substituents is 1. The summed E-state index contributed by atoms with van der Waals surface area (Å²) in [5.41, 5.74) is 0.677. The first-order valence-electron chi connectivity index (χ1n) is 5.37. The fourth-order valence-electron chi connectivity index (χ4n) is 1.79. The van der Waals surface area contributed by atoms with Gasteiger partial charge in [-0.3, -0.25) is 4.90 Å². The predicted octanol–water partition coefficient (Wildman–Crippen LogP) is 2.09. The summed E-state index contributed by atoms with van der Waals surface area (Å²) in [6.45, 7) is 4.72. The summed E-state index contributed by atoms with van der Waals surface area (Å²) < 4.78 is 0. The summed E-state index contributed by atoms with van der Waals surface area (Å²) in [5, 5.41) is 12.1. The number of benzene rings is 1. The molecule has 1 aromatic rings. The molecule has 1 aliphatic rings. The van der Waals surface area contributed by atoms with Gasteiger partial charge in [-0.1, -0.05) is 0 Å². The zero-order chi connectivity index (χ0) is 11.8. The number of anilines is 1. The molecule has 0 aromatic heterocycles. The maximum absolute atomic E-state index is 11.8. The van der Waals surface area contributed by atoms with Gasteiger partial charge in [-0.05, 0) is 44.5 Å². The molecule has 2 amide bonds. The van der Waals surface area contributed by atoms with Crippen molar-refractivity contribution in [2.75, 3.05) is 11.4 Å². The Balaban J connectivity index is 2.17. The van der Waals surface area contributed by atoms with Gasteiger partial charge in [-0.25, -0.2) is 4.79 Å². The Hall–Kier alpha value is -1.71. The van der Waals surface area contributed by atoms with Crippen molar-refractivity contribution in [1.82, 2.24) is 5.32 Å². The first-order chi connectivity index (χ1) is 7.48. The SMILES string of the molecule is CC1(C)CCN(c2ccc(O)cc2)C(=O)N1. The quantitative estimate of drug-likeness (QED) is 0.761. The molecular weight excluding hydrogens is 204 g/mol. The lowest BCUT2D eigenvalue weighted by Gasteiger charge is -2.37. The molecule has 1 fully saturated rings. The minimum absolute atomic E-state index is 0.0815. The monoisotopic (exact) mass is 220 g/mol. The van der Waals surface area contributed by atoms with Gasteiger partial charge in [0.05, 0.1) is 0 Å². The first-order valence-corrected chi connectivity index (χ1v) is 5.37. The highest BCUT2D eigenvalue weighted by Gasteiger charge is 2.30. The second kappa shape index (κ2) is 3.70. The van der Waals surface area contributed by atoms with E-state index in [1.54, 1.807) is 29.2 Å². The third-order valence-corrected chi connectivity index (χ3v) is 2.81. The summed E-state index contributed by atoms with van der Waals surface area (Å²) in [6.07, 6.45) is 0.902. The maximum Gasteiger partial charge on any atom is 0.322 e. The zero-order valence-electron chi connectivity index (χ0n) is 9.53. The summed E-state index contributed by atoms with van der Waals surface area (Å²) >= 11 is 0. The fraction of sp³-hybridized carbons (Fsp3) is 0.417. The van der Waals surface area contributed by atoms with Crippen molar-refractivity contribution in [3.8, 4) is 5.75 Å². The van der Waals surface area contributed by atoms with Gasteiger partial charge in [-0.2, -0.15) is 0 Å². The van der Waals surface area contributed by atoms with Crippen LogP contribution in [-0.2, 0) is 0 Å². The van der Waals surface area contributed by atoms with E-state index in [0.29, 0.717) is 6.54 Å². The van der Waals surface area contributed by atoms with Gasteiger partial charge in [0.25, 0.3) is 0 Å². The largest absolute Gasteiger partial charge is 0.508 e. The molecule has 1 heterocycles. The Morgan fingerprint density at radius 3 is 2.50 bits per heavy atom. The maximum atomic E-state index is 11.8. The first kappa shape index (κ1) is 10.8. The van der Waals surface area contributed by atoms with Crippen molar-refractivity contribution in [1.29, 1.82) is 0 Å². The highest BCUT2D eigenvalue weighted by Crippen LogP contribution is 2.23. The normalized spacial score (nSPS) is 19.4. The summed E-state index contributed by atoms with van der Waals surface area (Å²) in [7, 11) is 0. The summed E-state index contributed by atoms with van der Waals surface area (Å²) in [4.78, 5) is 13.5. The molecule has 2 rings (SSSR count). The molecule has 0 saturated carbocycles. The molecule has 2 N–H and O–H groups in total. The predicted molar refractivity (Wildman–Crippen MR) is 62.7 cm³/mol. The van der Waals surface area contributed by atoms with Gasteiger partial charge in [0.2, 0.25) is 0 Å². The van der Waals surface area contributed by atoms with Gasteiger partial charge in [0.1, 0.15) is 5.75 Å². The third-order valence-electron chi connectivity index (χ3n) is 2.81. The number of aromatic hydroxyl groups is 1. The Bertz CT molecular complexity index is 398. The topological polar surface area (TPSA) is 52.6 Å². The Labute approximate surface area is 94.9 Å². The minimum atomic E-state index is -0.134. The molecule has 16 heavy (non-hydrogen) atoms. The molecule has 4 nitrogen and oxygen atoms in total. The Kier molecular flexibility index (Phi) is 2.50. The molecule has 1 saturated heterocycles. The average molecular weight is 220 g/mol. The van der Waals surface area contributed by atoms with Crippen molar-refractivity contribution >= 4 is 11.7 Å². The minimum Gasteiger partial charge on any atom is -0.508 e. The number of amides is 2. The van der Waals surface area contributed by atoms with Crippen molar-refractivity contribution in [3.63, 3.8) is 0 Å². The number of phenols is 1. The number of carbonyl (C=O) groups is 1. The lowest BCUT2D eigenvalue weighted by Crippen LogP contribution is -2.57. The van der Waals surface area contributed by atoms with E-state index >= 15 is 0 Å². The van der Waals surface area contributed by atoms with Gasteiger partial charge < -0.3 is 10.4 Å². The molecule has 0 spiro atoms. The molecule has 1 aliphatic heterocycles. The van der Waals surface area contributed by atoms with Crippen LogP contribution in [0.25, 0.3) is 0 Å². The smallest absolute Gasteiger partial charge is 0.322 e. The number of carbonyl (C=O) groups excluding carboxylic acids is 1. The number of nitrogens with zero attached hydrogens (tertiary/aromatic N) is 1. The fourth-order valence-corrected chi connectivity index (χ4v) is 1.79. The Morgan fingerprint density at radius 2 is 1.94 bits per heavy atom. The van der Waals surface area contributed by atoms with Gasteiger partial charge in [0.15, 0.2) is 0 Å². The van der Waals surface area contributed by atoms with E-state index < -0.39 is 0 Å². The van der Waals surface area contributed by atoms with Crippen LogP contribution in [0.5, 0.6) is 5.75 Å². The second-order valence-corrected chi connectivity index (χ2v) is 4.73. The van der Waals surface area contributed by atoms with Crippen molar-refractivity contribution < 1.29 is 9.90 Å². The van der Waals surface area contributed by atoms with Crippen LogP contribution in [0, 0.1) is 0 Å². The van der Waals surface area contributed by atoms with Gasteiger partial charge >= 0.3 is 6.03 Å². The van der Waals surface area contributed by atoms with Crippen molar-refractivity contribution in [2.24, 2.45) is 0 Å². The van der Waals surface area contributed by atoms with Crippen LogP contribution in [-0.4, -0.2) is 23.2 Å². The number of hydrogen-bond acceptors (Lipinski definition) is 2. The van der Waals surface area contributed by atoms with Crippen LogP contribution in [0.2, 0.25) is 0 Å². The van der Waals surface area contributed by atoms with Crippen molar-refractivity contribution in [2.45, 2.75) is 25.8 Å². The second-order valence-electron chi connectivity index (χ2n) is 4.73. The Morgan fingerprint density at radius 1 is 1.31 bits per heavy atom. The average Bonchev–Trinajstić information content (AvgIpc) is 2.19. The molecule has 0 unspecified atom stereocenters. The molecule has 1 aromatic carbocycles. The molecule has 0 bridgehead atoms. The van der Waals surface area contributed by atoms with E-state index in [4.69, 9.17) is 0 Å². The molecular formula is C12H16N2O2. The van der Waals surface area contributed by atoms with Crippen LogP contribution in [0.1, 0.15) is 20.3 Å². The van der Waals surface area contributed by atoms with E-state index in [1.807, 2.05) is 13.8 Å². The highest BCUT2D eigenvalue weighted by molar-refractivity contribution is 5.93. The molecule has 86 valence electrons. The van der Waals surface area contributed by atoms with E-state index in [1.165, 1.54) is 0 Å². The number of nitrogens with one attached hydrogen (secondary N) is 1. The standard InChI is InChI=1S/C12H16N2O2/c1-12(2)7-8-14(11(16)13-12)9-3-5-10(15)6-4-9/h3-6,15H,7-8H2,1-2H3,(H,13,16). The van der Waals surface area contributed by atoms with Crippen LogP contribution >= 0.6 is 0 Å².